The van der Waals surface area contributed by atoms with Crippen molar-refractivity contribution in [3.8, 4) is 0 Å². The van der Waals surface area contributed by atoms with Crippen LogP contribution >= 0.6 is 0 Å². The number of fused-ring (bicyclic) bond motifs is 1. The van der Waals surface area contributed by atoms with Gasteiger partial charge in [-0.3, -0.25) is 14.3 Å². The molecule has 9 nitrogen and oxygen atoms in total. The molecule has 3 aromatic carbocycles. The number of para-hydroxylation sites is 1. The summed E-state index contributed by atoms with van der Waals surface area (Å²) in [6.45, 7) is 3.35. The van der Waals surface area contributed by atoms with Crippen molar-refractivity contribution in [3.05, 3.63) is 120 Å². The molecule has 0 aliphatic carbocycles. The van der Waals surface area contributed by atoms with Crippen LogP contribution in [0.3, 0.4) is 0 Å². The van der Waals surface area contributed by atoms with Gasteiger partial charge in [-0.2, -0.15) is 0 Å². The first-order valence-electron chi connectivity index (χ1n) is 15.7. The number of aryl methyl sites for hydroxylation is 1. The maximum absolute atomic E-state index is 14.0. The van der Waals surface area contributed by atoms with Crippen LogP contribution in [0.1, 0.15) is 60.9 Å². The first-order chi connectivity index (χ1) is 21.9. The summed E-state index contributed by atoms with van der Waals surface area (Å²) in [5.41, 5.74) is 2.99. The summed E-state index contributed by atoms with van der Waals surface area (Å²) in [5.74, 6) is -0.966. The van der Waals surface area contributed by atoms with Gasteiger partial charge in [0.25, 0.3) is 5.91 Å². The van der Waals surface area contributed by atoms with Gasteiger partial charge in [0.1, 0.15) is 0 Å². The Morgan fingerprint density at radius 2 is 1.80 bits per heavy atom. The average Bonchev–Trinajstić information content (AvgIpc) is 3.62. The Morgan fingerprint density at radius 1 is 1.00 bits per heavy atom. The highest BCUT2D eigenvalue weighted by molar-refractivity contribution is 6.07. The van der Waals surface area contributed by atoms with Crippen LogP contribution in [0, 0.1) is 5.92 Å². The fourth-order valence-corrected chi connectivity index (χ4v) is 6.43. The molecule has 45 heavy (non-hydrogen) atoms. The number of carbonyl (C=O) groups excluding carboxylic acids is 2. The standard InChI is InChI=1S/C36H39N5O4/c1-26(12-7-9-20-39-24-32(37-38-39)30(25-42)28-14-3-2-4-15-28)36(45)31-17-5-6-18-33(31)41(35(36)44)23-27-13-11-16-29(22-27)40-21-10-8-19-34(40)43/h2-7,11-18,22,24,26,30,42,45H,8-10,19-21,23,25H2,1H3/b12-7+/t26-,30?,36+/m0/s1. The number of nitrogens with zero attached hydrogens (tertiary/aromatic N) is 5. The van der Waals surface area contributed by atoms with E-state index in [2.05, 4.69) is 10.3 Å². The molecule has 2 aliphatic rings. The van der Waals surface area contributed by atoms with E-state index in [9.17, 15) is 19.8 Å². The zero-order valence-corrected chi connectivity index (χ0v) is 25.5. The lowest BCUT2D eigenvalue weighted by molar-refractivity contribution is -0.139. The van der Waals surface area contributed by atoms with Crippen molar-refractivity contribution >= 4 is 23.2 Å². The molecule has 0 saturated carbocycles. The maximum Gasteiger partial charge on any atom is 0.264 e. The Kier molecular flexibility index (Phi) is 8.91. The van der Waals surface area contributed by atoms with E-state index in [1.54, 1.807) is 9.58 Å². The van der Waals surface area contributed by atoms with Gasteiger partial charge in [0.15, 0.2) is 5.60 Å². The summed E-state index contributed by atoms with van der Waals surface area (Å²) in [4.78, 5) is 30.0. The van der Waals surface area contributed by atoms with Crippen LogP contribution in [-0.2, 0) is 28.3 Å². The second-order valence-electron chi connectivity index (χ2n) is 11.9. The molecular formula is C36H39N5O4. The number of anilines is 2. The molecule has 2 N–H and O–H groups in total. The first kappa shape index (κ1) is 30.4. The van der Waals surface area contributed by atoms with Gasteiger partial charge in [0.05, 0.1) is 30.5 Å². The van der Waals surface area contributed by atoms with E-state index < -0.39 is 11.5 Å². The van der Waals surface area contributed by atoms with Crippen LogP contribution in [0.15, 0.2) is 97.2 Å². The molecule has 3 atom stereocenters. The molecule has 1 unspecified atom stereocenters. The maximum atomic E-state index is 14.0. The Hall–Kier alpha value is -4.60. The predicted octanol–water partition coefficient (Wildman–Crippen LogP) is 4.94. The fraction of sp³-hybridized carbons (Fsp3) is 0.333. The molecule has 0 bridgehead atoms. The zero-order chi connectivity index (χ0) is 31.4. The van der Waals surface area contributed by atoms with E-state index in [1.165, 1.54) is 0 Å². The van der Waals surface area contributed by atoms with Gasteiger partial charge in [-0.25, -0.2) is 0 Å². The summed E-state index contributed by atoms with van der Waals surface area (Å²) in [6.07, 6.45) is 8.77. The average molecular weight is 606 g/mol. The van der Waals surface area contributed by atoms with Gasteiger partial charge in [-0.1, -0.05) is 85.0 Å². The Balaban J connectivity index is 1.14. The summed E-state index contributed by atoms with van der Waals surface area (Å²) in [7, 11) is 0. The molecule has 2 aliphatic heterocycles. The molecule has 232 valence electrons. The normalized spacial score (nSPS) is 19.7. The highest BCUT2D eigenvalue weighted by Crippen LogP contribution is 2.45. The minimum Gasteiger partial charge on any atom is -0.395 e. The molecular weight excluding hydrogens is 566 g/mol. The molecule has 1 saturated heterocycles. The second kappa shape index (κ2) is 13.2. The van der Waals surface area contributed by atoms with Crippen molar-refractivity contribution in [2.75, 3.05) is 23.0 Å². The lowest BCUT2D eigenvalue weighted by atomic mass is 9.83. The number of hydrogen-bond acceptors (Lipinski definition) is 6. The Bertz CT molecular complexity index is 1690. The topological polar surface area (TPSA) is 112 Å². The third-order valence-corrected chi connectivity index (χ3v) is 8.97. The van der Waals surface area contributed by atoms with Crippen LogP contribution in [0.5, 0.6) is 0 Å². The smallest absolute Gasteiger partial charge is 0.264 e. The van der Waals surface area contributed by atoms with Gasteiger partial charge in [-0.15, -0.1) is 5.10 Å². The minimum atomic E-state index is -1.71. The van der Waals surface area contributed by atoms with Crippen molar-refractivity contribution in [2.24, 2.45) is 5.92 Å². The SMILES string of the molecule is C[C@@H](/C=C/CCn1cc(C(CO)c2ccccc2)nn1)[C@]1(O)C(=O)N(Cc2cccc(N3CCCCC3=O)c2)c2ccccc21. The molecule has 6 rings (SSSR count). The largest absolute Gasteiger partial charge is 0.395 e. The predicted molar refractivity (Wildman–Crippen MR) is 172 cm³/mol. The minimum absolute atomic E-state index is 0.0607. The first-order valence-corrected chi connectivity index (χ1v) is 15.7. The van der Waals surface area contributed by atoms with E-state index in [0.717, 1.165) is 29.7 Å². The molecule has 3 heterocycles. The molecule has 2 amide bonds. The second-order valence-corrected chi connectivity index (χ2v) is 11.9. The van der Waals surface area contributed by atoms with Gasteiger partial charge in [-0.05, 0) is 48.6 Å². The summed E-state index contributed by atoms with van der Waals surface area (Å²) < 4.78 is 1.74. The number of carbonyl (C=O) groups is 2. The van der Waals surface area contributed by atoms with Crippen molar-refractivity contribution in [1.29, 1.82) is 0 Å². The monoisotopic (exact) mass is 605 g/mol. The highest BCUT2D eigenvalue weighted by atomic mass is 16.3. The number of amides is 2. The molecule has 1 fully saturated rings. The van der Waals surface area contributed by atoms with Crippen LogP contribution in [0.2, 0.25) is 0 Å². The van der Waals surface area contributed by atoms with Gasteiger partial charge < -0.3 is 20.0 Å². The number of allylic oxidation sites excluding steroid dienone is 1. The number of rotatable bonds is 11. The summed E-state index contributed by atoms with van der Waals surface area (Å²) >= 11 is 0. The van der Waals surface area contributed by atoms with Crippen molar-refractivity contribution in [2.45, 2.75) is 57.2 Å². The zero-order valence-electron chi connectivity index (χ0n) is 25.5. The lowest BCUT2D eigenvalue weighted by Crippen LogP contribution is -2.44. The third-order valence-electron chi connectivity index (χ3n) is 8.97. The summed E-state index contributed by atoms with van der Waals surface area (Å²) in [6, 6.07) is 24.9. The van der Waals surface area contributed by atoms with Crippen molar-refractivity contribution in [1.82, 2.24) is 15.0 Å². The van der Waals surface area contributed by atoms with Crippen molar-refractivity contribution in [3.63, 3.8) is 0 Å². The molecule has 0 spiro atoms. The molecule has 9 heteroatoms. The van der Waals surface area contributed by atoms with Crippen LogP contribution in [-0.4, -0.2) is 50.2 Å². The molecule has 4 aromatic rings. The van der Waals surface area contributed by atoms with E-state index in [4.69, 9.17) is 0 Å². The van der Waals surface area contributed by atoms with Crippen LogP contribution < -0.4 is 9.80 Å². The quantitative estimate of drug-likeness (QED) is 0.235. The molecule has 0 radical (unpaired) electrons. The van der Waals surface area contributed by atoms with Crippen LogP contribution in [0.4, 0.5) is 11.4 Å². The third kappa shape index (κ3) is 6.06. The number of aliphatic hydroxyl groups excluding tert-OH is 1. The van der Waals surface area contributed by atoms with Gasteiger partial charge >= 0.3 is 0 Å². The number of piperidine rings is 1. The van der Waals surface area contributed by atoms with Crippen molar-refractivity contribution < 1.29 is 19.8 Å². The highest BCUT2D eigenvalue weighted by Gasteiger charge is 2.52. The van der Waals surface area contributed by atoms with E-state index in [1.807, 2.05) is 109 Å². The molecule has 1 aromatic heterocycles. The van der Waals surface area contributed by atoms with E-state index in [-0.39, 0.29) is 30.9 Å². The number of hydrogen-bond donors (Lipinski definition) is 2. The van der Waals surface area contributed by atoms with E-state index >= 15 is 0 Å². The lowest BCUT2D eigenvalue weighted by Gasteiger charge is -2.28. The Morgan fingerprint density at radius 3 is 2.60 bits per heavy atom. The number of aromatic nitrogens is 3. The number of benzene rings is 3. The number of aliphatic hydroxyl groups is 2. The Labute approximate surface area is 263 Å². The summed E-state index contributed by atoms with van der Waals surface area (Å²) in [5, 5.41) is 30.5. The van der Waals surface area contributed by atoms with Gasteiger partial charge in [0, 0.05) is 42.9 Å². The fourth-order valence-electron chi connectivity index (χ4n) is 6.43. The van der Waals surface area contributed by atoms with Gasteiger partial charge in [0.2, 0.25) is 5.91 Å². The van der Waals surface area contributed by atoms with E-state index in [0.29, 0.717) is 42.9 Å². The van der Waals surface area contributed by atoms with Crippen LogP contribution in [0.25, 0.3) is 0 Å².